The third-order valence-corrected chi connectivity index (χ3v) is 3.18. The van der Waals surface area contributed by atoms with Gasteiger partial charge in [-0.3, -0.25) is 0 Å². The molecule has 2 N–H and O–H groups in total. The number of nitrogens with zero attached hydrogens (tertiary/aromatic N) is 2. The molecule has 1 aromatic carbocycles. The van der Waals surface area contributed by atoms with Crippen LogP contribution in [0, 0.1) is 0 Å². The van der Waals surface area contributed by atoms with E-state index in [-0.39, 0.29) is 0 Å². The van der Waals surface area contributed by atoms with Crippen LogP contribution in [-0.4, -0.2) is 19.9 Å². The zero-order chi connectivity index (χ0) is 12.5. The molecule has 94 valence electrons. The second-order valence-corrected chi connectivity index (χ2v) is 4.72. The van der Waals surface area contributed by atoms with Gasteiger partial charge in [0.1, 0.15) is 22.7 Å². The molecule has 0 fully saturated rings. The highest BCUT2D eigenvalue weighted by Gasteiger charge is 2.10. The highest BCUT2D eigenvalue weighted by molar-refractivity contribution is 6.00. The number of H-pyrrole nitrogens is 2. The Morgan fingerprint density at radius 1 is 0.833 bits per heavy atom. The van der Waals surface area contributed by atoms with Crippen LogP contribution in [0.5, 0.6) is 0 Å². The van der Waals surface area contributed by atoms with E-state index in [2.05, 4.69) is 45.9 Å². The number of benzene rings is 1. The van der Waals surface area contributed by atoms with E-state index in [9.17, 15) is 0 Å². The first-order valence-electron chi connectivity index (χ1n) is 6.68. The highest BCUT2D eigenvalue weighted by atomic mass is 15.0. The second kappa shape index (κ2) is 4.44. The molecule has 2 heterocycles. The monoisotopic (exact) mass is 242 g/mol. The van der Waals surface area contributed by atoms with Crippen molar-refractivity contribution >= 4 is 22.1 Å². The van der Waals surface area contributed by atoms with Crippen molar-refractivity contribution in [2.45, 2.75) is 39.5 Å². The van der Waals surface area contributed by atoms with Crippen LogP contribution in [-0.2, 0) is 12.8 Å². The summed E-state index contributed by atoms with van der Waals surface area (Å²) in [7, 11) is 0. The smallest absolute Gasteiger partial charge is 0.116 e. The topological polar surface area (TPSA) is 57.4 Å². The Bertz CT molecular complexity index is 618. The lowest BCUT2D eigenvalue weighted by Gasteiger charge is -1.88. The van der Waals surface area contributed by atoms with E-state index in [0.717, 1.165) is 59.4 Å². The van der Waals surface area contributed by atoms with E-state index in [1.807, 2.05) is 0 Å². The number of fused-ring (bicyclic) bond motifs is 3. The maximum Gasteiger partial charge on any atom is 0.116 e. The van der Waals surface area contributed by atoms with Crippen molar-refractivity contribution in [3.8, 4) is 0 Å². The lowest BCUT2D eigenvalue weighted by molar-refractivity contribution is 0.859. The van der Waals surface area contributed by atoms with Gasteiger partial charge in [-0.25, -0.2) is 9.97 Å². The van der Waals surface area contributed by atoms with Crippen molar-refractivity contribution < 1.29 is 0 Å². The summed E-state index contributed by atoms with van der Waals surface area (Å²) >= 11 is 0. The molecule has 4 nitrogen and oxygen atoms in total. The van der Waals surface area contributed by atoms with Gasteiger partial charge >= 0.3 is 0 Å². The minimum absolute atomic E-state index is 0.989. The molecule has 0 aliphatic rings. The standard InChI is InChI=1S/C14H18N4/c1-3-5-11-15-9-7-8-10-14(13(9)17-11)18-12(16-10)6-4-2/h7-8H,3-6H2,1-2H3,(H,15,17)(H,16,18). The van der Waals surface area contributed by atoms with Gasteiger partial charge in [0.15, 0.2) is 0 Å². The van der Waals surface area contributed by atoms with Gasteiger partial charge in [-0.05, 0) is 25.0 Å². The minimum atomic E-state index is 0.989. The predicted octanol–water partition coefficient (Wildman–Crippen LogP) is 3.34. The summed E-state index contributed by atoms with van der Waals surface area (Å²) in [6.45, 7) is 4.33. The Kier molecular flexibility index (Phi) is 2.78. The Hall–Kier alpha value is -1.84. The van der Waals surface area contributed by atoms with Gasteiger partial charge in [-0.2, -0.15) is 0 Å². The van der Waals surface area contributed by atoms with E-state index >= 15 is 0 Å². The summed E-state index contributed by atoms with van der Waals surface area (Å²) in [5.74, 6) is 2.11. The van der Waals surface area contributed by atoms with Crippen molar-refractivity contribution in [3.63, 3.8) is 0 Å². The number of rotatable bonds is 4. The zero-order valence-electron chi connectivity index (χ0n) is 10.9. The Labute approximate surface area is 106 Å². The number of imidazole rings is 2. The van der Waals surface area contributed by atoms with Crippen molar-refractivity contribution in [1.29, 1.82) is 0 Å². The molecule has 0 bridgehead atoms. The van der Waals surface area contributed by atoms with Gasteiger partial charge in [0, 0.05) is 12.8 Å². The van der Waals surface area contributed by atoms with Gasteiger partial charge < -0.3 is 9.97 Å². The van der Waals surface area contributed by atoms with Crippen molar-refractivity contribution in [2.75, 3.05) is 0 Å². The van der Waals surface area contributed by atoms with Crippen LogP contribution in [0.15, 0.2) is 12.1 Å². The summed E-state index contributed by atoms with van der Waals surface area (Å²) in [6, 6.07) is 4.16. The fourth-order valence-corrected chi connectivity index (χ4v) is 2.35. The first-order chi connectivity index (χ1) is 8.81. The molecule has 0 atom stereocenters. The normalized spacial score (nSPS) is 11.7. The summed E-state index contributed by atoms with van der Waals surface area (Å²) in [5.41, 5.74) is 4.16. The third kappa shape index (κ3) is 1.78. The van der Waals surface area contributed by atoms with Crippen LogP contribution in [0.2, 0.25) is 0 Å². The minimum Gasteiger partial charge on any atom is -0.342 e. The van der Waals surface area contributed by atoms with E-state index in [4.69, 9.17) is 0 Å². The SMILES string of the molecule is CCCc1nc2c(ccc3[nH]c(CCC)nc32)[nH]1. The van der Waals surface area contributed by atoms with Crippen molar-refractivity contribution in [1.82, 2.24) is 19.9 Å². The highest BCUT2D eigenvalue weighted by Crippen LogP contribution is 2.22. The molecule has 0 saturated carbocycles. The second-order valence-electron chi connectivity index (χ2n) is 4.72. The summed E-state index contributed by atoms with van der Waals surface area (Å²) < 4.78 is 0. The lowest BCUT2D eigenvalue weighted by Crippen LogP contribution is -1.85. The third-order valence-electron chi connectivity index (χ3n) is 3.18. The lowest BCUT2D eigenvalue weighted by atomic mass is 10.3. The predicted molar refractivity (Wildman–Crippen MR) is 73.7 cm³/mol. The molecule has 2 aromatic heterocycles. The summed E-state index contributed by atoms with van der Waals surface area (Å²) in [6.07, 6.45) is 4.18. The van der Waals surface area contributed by atoms with Crippen LogP contribution < -0.4 is 0 Å². The first-order valence-corrected chi connectivity index (χ1v) is 6.68. The Balaban J connectivity index is 2.17. The molecular formula is C14H18N4. The van der Waals surface area contributed by atoms with Gasteiger partial charge in [-0.15, -0.1) is 0 Å². The largest absolute Gasteiger partial charge is 0.342 e. The van der Waals surface area contributed by atoms with Gasteiger partial charge in [0.2, 0.25) is 0 Å². The molecule has 4 heteroatoms. The fourth-order valence-electron chi connectivity index (χ4n) is 2.35. The first kappa shape index (κ1) is 11.3. The molecule has 0 amide bonds. The molecule has 0 aliphatic carbocycles. The Morgan fingerprint density at radius 2 is 1.28 bits per heavy atom. The molecule has 0 spiro atoms. The van der Waals surface area contributed by atoms with Crippen LogP contribution >= 0.6 is 0 Å². The number of hydrogen-bond donors (Lipinski definition) is 2. The van der Waals surface area contributed by atoms with Crippen molar-refractivity contribution in [2.24, 2.45) is 0 Å². The fraction of sp³-hybridized carbons (Fsp3) is 0.429. The van der Waals surface area contributed by atoms with Gasteiger partial charge in [0.05, 0.1) is 11.0 Å². The maximum atomic E-state index is 4.67. The van der Waals surface area contributed by atoms with Gasteiger partial charge in [0.25, 0.3) is 0 Å². The maximum absolute atomic E-state index is 4.67. The summed E-state index contributed by atoms with van der Waals surface area (Å²) in [5, 5.41) is 0. The number of nitrogens with one attached hydrogen (secondary N) is 2. The molecule has 0 saturated heterocycles. The number of aryl methyl sites for hydroxylation is 2. The van der Waals surface area contributed by atoms with Crippen LogP contribution in [0.1, 0.15) is 38.3 Å². The number of aromatic amines is 2. The Morgan fingerprint density at radius 3 is 1.67 bits per heavy atom. The average molecular weight is 242 g/mol. The molecule has 3 aromatic rings. The number of aromatic nitrogens is 4. The number of hydrogen-bond acceptors (Lipinski definition) is 2. The molecule has 0 aliphatic heterocycles. The van der Waals surface area contributed by atoms with Gasteiger partial charge in [-0.1, -0.05) is 13.8 Å². The molecule has 3 rings (SSSR count). The zero-order valence-corrected chi connectivity index (χ0v) is 10.9. The molecule has 18 heavy (non-hydrogen) atoms. The van der Waals surface area contributed by atoms with E-state index in [0.29, 0.717) is 0 Å². The van der Waals surface area contributed by atoms with E-state index < -0.39 is 0 Å². The quantitative estimate of drug-likeness (QED) is 0.737. The summed E-state index contributed by atoms with van der Waals surface area (Å²) in [4.78, 5) is 16.1. The molecule has 0 radical (unpaired) electrons. The average Bonchev–Trinajstić information content (AvgIpc) is 2.91. The van der Waals surface area contributed by atoms with Crippen molar-refractivity contribution in [3.05, 3.63) is 23.8 Å². The van der Waals surface area contributed by atoms with Crippen LogP contribution in [0.3, 0.4) is 0 Å². The van der Waals surface area contributed by atoms with Crippen LogP contribution in [0.4, 0.5) is 0 Å². The molecule has 0 unspecified atom stereocenters. The molecular weight excluding hydrogens is 224 g/mol. The van der Waals surface area contributed by atoms with E-state index in [1.165, 1.54) is 0 Å². The van der Waals surface area contributed by atoms with E-state index in [1.54, 1.807) is 0 Å². The van der Waals surface area contributed by atoms with Crippen LogP contribution in [0.25, 0.3) is 22.1 Å².